The van der Waals surface area contributed by atoms with Crippen LogP contribution in [-0.2, 0) is 6.42 Å². The third kappa shape index (κ3) is 4.05. The van der Waals surface area contributed by atoms with E-state index in [2.05, 4.69) is 4.72 Å². The van der Waals surface area contributed by atoms with E-state index in [9.17, 15) is 4.39 Å². The number of nitrogens with zero attached hydrogens (tertiary/aromatic N) is 1. The highest BCUT2D eigenvalue weighted by Gasteiger charge is 2.40. The van der Waals surface area contributed by atoms with Gasteiger partial charge >= 0.3 is 0 Å². The van der Waals surface area contributed by atoms with Crippen molar-refractivity contribution in [3.8, 4) is 11.1 Å². The van der Waals surface area contributed by atoms with Gasteiger partial charge in [0.2, 0.25) is 0 Å². The topological polar surface area (TPSA) is 15.3 Å². The van der Waals surface area contributed by atoms with Crippen molar-refractivity contribution in [3.05, 3.63) is 59.9 Å². The van der Waals surface area contributed by atoms with E-state index in [-0.39, 0.29) is 17.9 Å². The number of alkyl halides is 1. The second-order valence-corrected chi connectivity index (χ2v) is 7.55. The molecular weight excluding hydrogens is 338 g/mol. The van der Waals surface area contributed by atoms with Crippen molar-refractivity contribution >= 4 is 11.9 Å². The fourth-order valence-electron chi connectivity index (χ4n) is 3.46. The molecule has 1 saturated heterocycles. The van der Waals surface area contributed by atoms with Crippen LogP contribution in [0.25, 0.3) is 11.1 Å². The lowest BCUT2D eigenvalue weighted by molar-refractivity contribution is 0.289. The molecule has 2 nitrogen and oxygen atoms in total. The molecule has 2 aromatic carbocycles. The van der Waals surface area contributed by atoms with Crippen molar-refractivity contribution in [1.82, 2.24) is 9.62 Å². The van der Waals surface area contributed by atoms with Crippen LogP contribution in [0.5, 0.6) is 0 Å². The average Bonchev–Trinajstić information content (AvgIpc) is 2.88. The minimum absolute atomic E-state index is 0.0606. The first kappa shape index (κ1) is 18.4. The Morgan fingerprint density at radius 1 is 1.16 bits per heavy atom. The number of likely N-dealkylation sites (tertiary alicyclic amines) is 1. The third-order valence-corrected chi connectivity index (χ3v) is 5.52. The molecule has 1 heterocycles. The summed E-state index contributed by atoms with van der Waals surface area (Å²) >= 11 is 1.52. The molecule has 1 aliphatic rings. The summed E-state index contributed by atoms with van der Waals surface area (Å²) in [6.45, 7) is 2.41. The number of halogens is 2. The Morgan fingerprint density at radius 2 is 1.92 bits per heavy atom. The van der Waals surface area contributed by atoms with E-state index >= 15 is 4.39 Å². The Hall–Kier alpha value is -1.43. The predicted octanol–water partition coefficient (Wildman–Crippen LogP) is 4.31. The Morgan fingerprint density at radius 3 is 2.64 bits per heavy atom. The van der Waals surface area contributed by atoms with Gasteiger partial charge in [-0.05, 0) is 24.6 Å². The fourth-order valence-corrected chi connectivity index (χ4v) is 4.12. The number of nitrogens with one attached hydrogen (secondary N) is 1. The summed E-state index contributed by atoms with van der Waals surface area (Å²) in [5.74, 6) is 0.670. The molecule has 2 aromatic rings. The van der Waals surface area contributed by atoms with Gasteiger partial charge in [0.1, 0.15) is 12.0 Å². The van der Waals surface area contributed by atoms with Gasteiger partial charge in [-0.1, -0.05) is 67.4 Å². The first-order valence-electron chi connectivity index (χ1n) is 8.66. The number of benzene rings is 2. The van der Waals surface area contributed by atoms with Crippen LogP contribution in [-0.4, -0.2) is 42.5 Å². The third-order valence-electron chi connectivity index (χ3n) is 4.79. The van der Waals surface area contributed by atoms with Gasteiger partial charge in [0.15, 0.2) is 0 Å². The van der Waals surface area contributed by atoms with Gasteiger partial charge in [0.25, 0.3) is 0 Å². The fraction of sp³-hybridized carbons (Fsp3) is 0.400. The standard InChI is InChI=1S/C20H24F2N2S/c1-3-25-23-20-17(21)13-24(2)18(20)12-15-10-7-11-16(19(15)22)14-8-5-4-6-9-14/h4-11,17-18,20,23H,3,12-13H2,1-2H3. The Kier molecular flexibility index (Phi) is 6.10. The minimum atomic E-state index is -0.936. The van der Waals surface area contributed by atoms with Crippen molar-refractivity contribution < 1.29 is 8.78 Å². The molecule has 3 atom stereocenters. The predicted molar refractivity (Wildman–Crippen MR) is 102 cm³/mol. The zero-order chi connectivity index (χ0) is 17.8. The minimum Gasteiger partial charge on any atom is -0.298 e. The first-order valence-corrected chi connectivity index (χ1v) is 9.64. The molecule has 0 aliphatic carbocycles. The van der Waals surface area contributed by atoms with E-state index in [0.717, 1.165) is 11.3 Å². The molecule has 0 bridgehead atoms. The zero-order valence-electron chi connectivity index (χ0n) is 14.6. The van der Waals surface area contributed by atoms with Gasteiger partial charge in [0.05, 0.1) is 6.04 Å². The van der Waals surface area contributed by atoms with E-state index < -0.39 is 6.17 Å². The molecule has 0 aromatic heterocycles. The monoisotopic (exact) mass is 362 g/mol. The lowest BCUT2D eigenvalue weighted by Crippen LogP contribution is -2.43. The molecule has 5 heteroatoms. The average molecular weight is 362 g/mol. The second-order valence-electron chi connectivity index (χ2n) is 6.45. The van der Waals surface area contributed by atoms with Gasteiger partial charge in [0, 0.05) is 23.9 Å². The maximum Gasteiger partial charge on any atom is 0.134 e. The van der Waals surface area contributed by atoms with E-state index in [1.165, 1.54) is 11.9 Å². The maximum absolute atomic E-state index is 15.1. The summed E-state index contributed by atoms with van der Waals surface area (Å²) < 4.78 is 32.7. The molecular formula is C20H24F2N2S. The van der Waals surface area contributed by atoms with Crippen LogP contribution in [0.2, 0.25) is 0 Å². The first-order chi connectivity index (χ1) is 12.1. The van der Waals surface area contributed by atoms with Gasteiger partial charge < -0.3 is 0 Å². The Labute approximate surface area is 152 Å². The zero-order valence-corrected chi connectivity index (χ0v) is 15.4. The molecule has 0 radical (unpaired) electrons. The molecule has 3 unspecified atom stereocenters. The summed E-state index contributed by atoms with van der Waals surface area (Å²) in [5, 5.41) is 0. The smallest absolute Gasteiger partial charge is 0.134 e. The molecule has 0 amide bonds. The summed E-state index contributed by atoms with van der Waals surface area (Å²) in [6, 6.07) is 14.7. The van der Waals surface area contributed by atoms with Crippen LogP contribution < -0.4 is 4.72 Å². The molecule has 25 heavy (non-hydrogen) atoms. The number of likely N-dealkylation sites (N-methyl/N-ethyl adjacent to an activating group) is 1. The molecule has 3 rings (SSSR count). The Balaban J connectivity index is 1.85. The molecule has 1 aliphatic heterocycles. The summed E-state index contributed by atoms with van der Waals surface area (Å²) in [6.07, 6.45) is -0.444. The second kappa shape index (κ2) is 8.30. The van der Waals surface area contributed by atoms with Crippen molar-refractivity contribution in [1.29, 1.82) is 0 Å². The highest BCUT2D eigenvalue weighted by Crippen LogP contribution is 2.29. The number of hydrogen-bond acceptors (Lipinski definition) is 3. The van der Waals surface area contributed by atoms with Crippen LogP contribution in [0.1, 0.15) is 12.5 Å². The molecule has 0 saturated carbocycles. The van der Waals surface area contributed by atoms with Gasteiger partial charge in [-0.2, -0.15) is 0 Å². The van der Waals surface area contributed by atoms with Crippen LogP contribution >= 0.6 is 11.9 Å². The molecule has 1 N–H and O–H groups in total. The lowest BCUT2D eigenvalue weighted by Gasteiger charge is -2.26. The summed E-state index contributed by atoms with van der Waals surface area (Å²) in [7, 11) is 1.91. The van der Waals surface area contributed by atoms with E-state index in [0.29, 0.717) is 24.1 Å². The van der Waals surface area contributed by atoms with E-state index in [4.69, 9.17) is 0 Å². The highest BCUT2D eigenvalue weighted by atomic mass is 32.2. The van der Waals surface area contributed by atoms with Crippen molar-refractivity contribution in [2.24, 2.45) is 0 Å². The van der Waals surface area contributed by atoms with Crippen LogP contribution in [0.15, 0.2) is 48.5 Å². The van der Waals surface area contributed by atoms with Gasteiger partial charge in [-0.25, -0.2) is 8.78 Å². The summed E-state index contributed by atoms with van der Waals surface area (Å²) in [5.41, 5.74) is 2.10. The molecule has 134 valence electrons. The Bertz CT molecular complexity index is 695. The maximum atomic E-state index is 15.1. The van der Waals surface area contributed by atoms with Crippen LogP contribution in [0.4, 0.5) is 8.78 Å². The molecule has 1 fully saturated rings. The van der Waals surface area contributed by atoms with Crippen molar-refractivity contribution in [2.75, 3.05) is 19.3 Å². The lowest BCUT2D eigenvalue weighted by atomic mass is 9.96. The quantitative estimate of drug-likeness (QED) is 0.771. The van der Waals surface area contributed by atoms with E-state index in [1.54, 1.807) is 6.07 Å². The van der Waals surface area contributed by atoms with Crippen molar-refractivity contribution in [2.45, 2.75) is 31.6 Å². The largest absolute Gasteiger partial charge is 0.298 e. The summed E-state index contributed by atoms with van der Waals surface area (Å²) in [4.78, 5) is 1.99. The van der Waals surface area contributed by atoms with Gasteiger partial charge in [-0.3, -0.25) is 9.62 Å². The molecule has 0 spiro atoms. The number of rotatable bonds is 6. The SMILES string of the molecule is CCSNC1C(F)CN(C)C1Cc1cccc(-c2ccccc2)c1F. The van der Waals surface area contributed by atoms with Gasteiger partial charge in [-0.15, -0.1) is 0 Å². The van der Waals surface area contributed by atoms with Crippen LogP contribution in [0, 0.1) is 5.82 Å². The van der Waals surface area contributed by atoms with Crippen LogP contribution in [0.3, 0.4) is 0 Å². The van der Waals surface area contributed by atoms with E-state index in [1.807, 2.05) is 61.3 Å². The number of hydrogen-bond donors (Lipinski definition) is 1. The normalized spacial score (nSPS) is 23.9. The highest BCUT2D eigenvalue weighted by molar-refractivity contribution is 7.97. The van der Waals surface area contributed by atoms with Crippen molar-refractivity contribution in [3.63, 3.8) is 0 Å².